The van der Waals surface area contributed by atoms with E-state index in [1.807, 2.05) is 0 Å². The van der Waals surface area contributed by atoms with Crippen molar-refractivity contribution < 1.29 is 19.7 Å². The molecule has 100 valence electrons. The first-order valence-corrected chi connectivity index (χ1v) is 5.99. The molecule has 5 nitrogen and oxygen atoms in total. The van der Waals surface area contributed by atoms with E-state index in [-0.39, 0.29) is 23.1 Å². The van der Waals surface area contributed by atoms with Crippen molar-refractivity contribution in [3.63, 3.8) is 0 Å². The second-order valence-corrected chi connectivity index (χ2v) is 4.18. The van der Waals surface area contributed by atoms with Crippen LogP contribution in [0.15, 0.2) is 18.2 Å². The van der Waals surface area contributed by atoms with Gasteiger partial charge in [0.1, 0.15) is 11.5 Å². The first kappa shape index (κ1) is 14.6. The number of methoxy groups -OCH3 is 1. The van der Waals surface area contributed by atoms with Crippen LogP contribution in [0.4, 0.5) is 0 Å². The quantitative estimate of drug-likeness (QED) is 0.542. The highest BCUT2D eigenvalue weighted by Gasteiger charge is 2.16. The van der Waals surface area contributed by atoms with E-state index in [1.54, 1.807) is 0 Å². The molecule has 0 saturated heterocycles. The number of hydrogen-bond donors (Lipinski definition) is 3. The molecule has 0 aliphatic carbocycles. The number of carbonyl (C=O) groups excluding carboxylic acids is 1. The summed E-state index contributed by atoms with van der Waals surface area (Å²) < 4.78 is 4.96. The van der Waals surface area contributed by atoms with Crippen molar-refractivity contribution in [1.29, 1.82) is 0 Å². The molecule has 0 radical (unpaired) electrons. The maximum absolute atomic E-state index is 11.9. The maximum Gasteiger partial charge on any atom is 0.255 e. The SMILES string of the molecule is COCC(CCCl)NC(=O)c1cc(O)ccc1O. The molecule has 0 aliphatic heterocycles. The van der Waals surface area contributed by atoms with Gasteiger partial charge in [0.05, 0.1) is 18.2 Å². The summed E-state index contributed by atoms with van der Waals surface area (Å²) >= 11 is 5.62. The molecule has 1 amide bonds. The number of phenolic OH excluding ortho intramolecular Hbond substituents is 2. The lowest BCUT2D eigenvalue weighted by atomic mass is 10.1. The fourth-order valence-electron chi connectivity index (χ4n) is 1.50. The van der Waals surface area contributed by atoms with Gasteiger partial charge >= 0.3 is 0 Å². The van der Waals surface area contributed by atoms with E-state index in [2.05, 4.69) is 5.32 Å². The van der Waals surface area contributed by atoms with Crippen LogP contribution in [0.5, 0.6) is 11.5 Å². The molecule has 6 heteroatoms. The van der Waals surface area contributed by atoms with E-state index in [4.69, 9.17) is 16.3 Å². The van der Waals surface area contributed by atoms with Crippen LogP contribution in [0.1, 0.15) is 16.8 Å². The number of nitrogens with one attached hydrogen (secondary N) is 1. The van der Waals surface area contributed by atoms with E-state index in [0.29, 0.717) is 18.9 Å². The number of carbonyl (C=O) groups is 1. The average Bonchev–Trinajstić information content (AvgIpc) is 2.33. The molecule has 0 bridgehead atoms. The van der Waals surface area contributed by atoms with Crippen molar-refractivity contribution in [2.24, 2.45) is 0 Å². The molecule has 18 heavy (non-hydrogen) atoms. The summed E-state index contributed by atoms with van der Waals surface area (Å²) in [4.78, 5) is 11.9. The smallest absolute Gasteiger partial charge is 0.255 e. The van der Waals surface area contributed by atoms with Crippen LogP contribution < -0.4 is 5.32 Å². The van der Waals surface area contributed by atoms with Crippen LogP contribution in [-0.4, -0.2) is 41.8 Å². The highest BCUT2D eigenvalue weighted by atomic mass is 35.5. The van der Waals surface area contributed by atoms with Gasteiger partial charge in [-0.05, 0) is 24.6 Å². The molecule has 1 aromatic rings. The first-order chi connectivity index (χ1) is 8.58. The minimum absolute atomic E-state index is 0.0191. The summed E-state index contributed by atoms with van der Waals surface area (Å²) in [5.41, 5.74) is 0.0191. The molecule has 1 rings (SSSR count). The normalized spacial score (nSPS) is 12.1. The van der Waals surface area contributed by atoms with Crippen molar-refractivity contribution >= 4 is 17.5 Å². The van der Waals surface area contributed by atoms with Crippen LogP contribution in [0.3, 0.4) is 0 Å². The zero-order chi connectivity index (χ0) is 13.5. The minimum atomic E-state index is -0.476. The lowest BCUT2D eigenvalue weighted by Crippen LogP contribution is -2.38. The number of benzene rings is 1. The minimum Gasteiger partial charge on any atom is -0.508 e. The molecular weight excluding hydrogens is 258 g/mol. The van der Waals surface area contributed by atoms with Crippen molar-refractivity contribution in [2.75, 3.05) is 19.6 Å². The summed E-state index contributed by atoms with van der Waals surface area (Å²) in [6.45, 7) is 0.331. The number of hydrogen-bond acceptors (Lipinski definition) is 4. The first-order valence-electron chi connectivity index (χ1n) is 5.46. The summed E-state index contributed by atoms with van der Waals surface area (Å²) in [6, 6.07) is 3.53. The fourth-order valence-corrected chi connectivity index (χ4v) is 1.76. The largest absolute Gasteiger partial charge is 0.508 e. The Kier molecular flexibility index (Phi) is 5.74. The van der Waals surface area contributed by atoms with Gasteiger partial charge in [0.15, 0.2) is 0 Å². The van der Waals surface area contributed by atoms with E-state index < -0.39 is 5.91 Å². The Morgan fingerprint density at radius 2 is 2.22 bits per heavy atom. The summed E-state index contributed by atoms with van der Waals surface area (Å²) in [5, 5.41) is 21.5. The number of rotatable bonds is 6. The van der Waals surface area contributed by atoms with Crippen LogP contribution in [-0.2, 0) is 4.74 Å². The van der Waals surface area contributed by atoms with Gasteiger partial charge in [-0.3, -0.25) is 4.79 Å². The maximum atomic E-state index is 11.9. The van der Waals surface area contributed by atoms with Crippen LogP contribution in [0.25, 0.3) is 0 Å². The molecule has 0 aromatic heterocycles. The molecule has 1 atom stereocenters. The predicted octanol–water partition coefficient (Wildman–Crippen LogP) is 1.47. The van der Waals surface area contributed by atoms with Crippen molar-refractivity contribution in [2.45, 2.75) is 12.5 Å². The van der Waals surface area contributed by atoms with Gasteiger partial charge in [-0.15, -0.1) is 11.6 Å². The Balaban J connectivity index is 2.76. The van der Waals surface area contributed by atoms with Crippen molar-refractivity contribution in [3.8, 4) is 11.5 Å². The molecule has 1 unspecified atom stereocenters. The highest BCUT2D eigenvalue weighted by Crippen LogP contribution is 2.22. The standard InChI is InChI=1S/C12H16ClNO4/c1-18-7-8(4-5-13)14-12(17)10-6-9(15)2-3-11(10)16/h2-3,6,8,15-16H,4-5,7H2,1H3,(H,14,17). The lowest BCUT2D eigenvalue weighted by molar-refractivity contribution is 0.0892. The molecule has 0 fully saturated rings. The van der Waals surface area contributed by atoms with E-state index in [9.17, 15) is 15.0 Å². The predicted molar refractivity (Wildman–Crippen MR) is 68.2 cm³/mol. The van der Waals surface area contributed by atoms with Gasteiger partial charge in [0.25, 0.3) is 5.91 Å². The highest BCUT2D eigenvalue weighted by molar-refractivity contribution is 6.17. The number of ether oxygens (including phenoxy) is 1. The van der Waals surface area contributed by atoms with Crippen LogP contribution in [0, 0.1) is 0 Å². The topological polar surface area (TPSA) is 78.8 Å². The molecule has 0 spiro atoms. The lowest BCUT2D eigenvalue weighted by Gasteiger charge is -2.17. The number of alkyl halides is 1. The molecular formula is C12H16ClNO4. The number of aromatic hydroxyl groups is 2. The third-order valence-corrected chi connectivity index (χ3v) is 2.60. The summed E-state index contributed by atoms with van der Waals surface area (Å²) in [5.74, 6) is -0.359. The third-order valence-electron chi connectivity index (χ3n) is 2.39. The molecule has 0 aliphatic rings. The van der Waals surface area contributed by atoms with Crippen molar-refractivity contribution in [1.82, 2.24) is 5.32 Å². The molecule has 0 heterocycles. The number of halogens is 1. The zero-order valence-corrected chi connectivity index (χ0v) is 10.8. The number of phenols is 2. The van der Waals surface area contributed by atoms with Crippen molar-refractivity contribution in [3.05, 3.63) is 23.8 Å². The fraction of sp³-hybridized carbons (Fsp3) is 0.417. The average molecular weight is 274 g/mol. The Morgan fingerprint density at radius 3 is 2.83 bits per heavy atom. The summed E-state index contributed by atoms with van der Waals surface area (Å²) in [7, 11) is 1.53. The van der Waals surface area contributed by atoms with Gasteiger partial charge in [0.2, 0.25) is 0 Å². The van der Waals surface area contributed by atoms with Gasteiger partial charge in [0, 0.05) is 13.0 Å². The molecule has 3 N–H and O–H groups in total. The van der Waals surface area contributed by atoms with Gasteiger partial charge in [-0.2, -0.15) is 0 Å². The van der Waals surface area contributed by atoms with Gasteiger partial charge in [-0.1, -0.05) is 0 Å². The zero-order valence-electron chi connectivity index (χ0n) is 10.0. The second kappa shape index (κ2) is 7.08. The van der Waals surface area contributed by atoms with Crippen LogP contribution in [0.2, 0.25) is 0 Å². The van der Waals surface area contributed by atoms with E-state index >= 15 is 0 Å². The monoisotopic (exact) mass is 273 g/mol. The van der Waals surface area contributed by atoms with Gasteiger partial charge in [-0.25, -0.2) is 0 Å². The van der Waals surface area contributed by atoms with E-state index in [0.717, 1.165) is 0 Å². The Morgan fingerprint density at radius 1 is 1.50 bits per heavy atom. The van der Waals surface area contributed by atoms with Crippen LogP contribution >= 0.6 is 11.6 Å². The van der Waals surface area contributed by atoms with Gasteiger partial charge < -0.3 is 20.3 Å². The summed E-state index contributed by atoms with van der Waals surface area (Å²) in [6.07, 6.45) is 0.556. The second-order valence-electron chi connectivity index (χ2n) is 3.80. The molecule has 0 saturated carbocycles. The third kappa shape index (κ3) is 4.09. The number of amides is 1. The Hall–Kier alpha value is -1.46. The Bertz CT molecular complexity index is 405. The Labute approximate surface area is 110 Å². The van der Waals surface area contributed by atoms with E-state index in [1.165, 1.54) is 25.3 Å². The molecule has 1 aromatic carbocycles.